The van der Waals surface area contributed by atoms with Crippen LogP contribution in [0.4, 0.5) is 37.7 Å². The van der Waals surface area contributed by atoms with Crippen molar-refractivity contribution in [2.24, 2.45) is 0 Å². The van der Waals surface area contributed by atoms with Crippen molar-refractivity contribution in [2.75, 3.05) is 23.8 Å². The summed E-state index contributed by atoms with van der Waals surface area (Å²) < 4.78 is 87.7. The monoisotopic (exact) mass is 616 g/mol. The lowest BCUT2D eigenvalue weighted by atomic mass is 10.1. The fourth-order valence-corrected chi connectivity index (χ4v) is 3.53. The Bertz CT molecular complexity index is 1460. The van der Waals surface area contributed by atoms with Crippen LogP contribution in [-0.2, 0) is 31.4 Å². The third-order valence-corrected chi connectivity index (χ3v) is 5.85. The van der Waals surface area contributed by atoms with Crippen molar-refractivity contribution < 1.29 is 55.6 Å². The molecule has 0 aromatic heterocycles. The third kappa shape index (κ3) is 8.89. The predicted octanol–water partition coefficient (Wildman–Crippen LogP) is 4.32. The minimum Gasteiger partial charge on any atom is -0.393 e. The molecule has 2 aromatic carbocycles. The summed E-state index contributed by atoms with van der Waals surface area (Å²) in [5, 5.41) is 40.0. The van der Waals surface area contributed by atoms with Gasteiger partial charge in [0.15, 0.2) is 17.0 Å². The van der Waals surface area contributed by atoms with Gasteiger partial charge in [0.1, 0.15) is 0 Å². The van der Waals surface area contributed by atoms with Gasteiger partial charge in [0.25, 0.3) is 11.8 Å². The normalized spacial score (nSPS) is 19.1. The van der Waals surface area contributed by atoms with E-state index >= 15 is 0 Å². The number of carbonyl (C=O) groups is 2. The second-order valence-corrected chi connectivity index (χ2v) is 10.1. The summed E-state index contributed by atoms with van der Waals surface area (Å²) in [6.45, 7) is 4.86. The highest BCUT2D eigenvalue weighted by molar-refractivity contribution is 5.98. The van der Waals surface area contributed by atoms with Gasteiger partial charge in [-0.3, -0.25) is 9.59 Å². The molecule has 2 aromatic rings. The quantitative estimate of drug-likeness (QED) is 0.361. The summed E-state index contributed by atoms with van der Waals surface area (Å²) >= 11 is 0. The van der Waals surface area contributed by atoms with Crippen LogP contribution in [-0.4, -0.2) is 52.2 Å². The number of amides is 2. The fourth-order valence-electron chi connectivity index (χ4n) is 3.53. The van der Waals surface area contributed by atoms with Gasteiger partial charge in [-0.15, -0.1) is 0 Å². The van der Waals surface area contributed by atoms with Gasteiger partial charge in [0.2, 0.25) is 0 Å². The number of aliphatic hydroxyl groups excluding tert-OH is 1. The molecule has 232 valence electrons. The number of carbonyl (C=O) groups excluding carboxylic acids is 2. The molecule has 0 spiro atoms. The van der Waals surface area contributed by atoms with Crippen molar-refractivity contribution in [2.45, 2.75) is 57.0 Å². The Morgan fingerprint density at radius 2 is 1.35 bits per heavy atom. The number of alkyl halides is 6. The number of rotatable bonds is 5. The molecular formula is C27H26F6N4O6. The minimum absolute atomic E-state index is 0.0196. The van der Waals surface area contributed by atoms with E-state index in [-0.39, 0.29) is 18.0 Å². The topological polar surface area (TPSA) is 165 Å². The van der Waals surface area contributed by atoms with E-state index in [9.17, 15) is 41.0 Å². The predicted molar refractivity (Wildman–Crippen MR) is 137 cm³/mol. The highest BCUT2D eigenvalue weighted by Gasteiger charge is 2.47. The van der Waals surface area contributed by atoms with Crippen LogP contribution in [0.15, 0.2) is 36.4 Å². The minimum atomic E-state index is -4.74. The average molecular weight is 617 g/mol. The first kappa shape index (κ1) is 35.0. The number of hydrogen-bond donors (Lipinski definition) is 4. The molecular weight excluding hydrogens is 590 g/mol. The van der Waals surface area contributed by atoms with E-state index in [0.717, 1.165) is 31.2 Å². The molecule has 1 aliphatic heterocycles. The van der Waals surface area contributed by atoms with Crippen LogP contribution in [0.25, 0.3) is 0 Å². The van der Waals surface area contributed by atoms with E-state index in [0.29, 0.717) is 6.07 Å². The van der Waals surface area contributed by atoms with Crippen LogP contribution in [0.2, 0.25) is 0 Å². The van der Waals surface area contributed by atoms with Crippen LogP contribution < -0.4 is 10.6 Å². The summed E-state index contributed by atoms with van der Waals surface area (Å²) in [5.74, 6) is -2.63. The Hall–Kier alpha value is -4.22. The molecule has 0 radical (unpaired) electrons. The van der Waals surface area contributed by atoms with Crippen molar-refractivity contribution in [3.8, 4) is 12.1 Å². The lowest BCUT2D eigenvalue weighted by Crippen LogP contribution is -2.43. The number of nitrogens with zero attached hydrogens (tertiary/aromatic N) is 2. The smallest absolute Gasteiger partial charge is 0.393 e. The van der Waals surface area contributed by atoms with Crippen LogP contribution in [0.3, 0.4) is 0 Å². The van der Waals surface area contributed by atoms with E-state index in [1.54, 1.807) is 13.8 Å². The molecule has 0 bridgehead atoms. The van der Waals surface area contributed by atoms with E-state index in [4.69, 9.17) is 25.1 Å². The molecule has 4 N–H and O–H groups in total. The number of hydrogen-bond acceptors (Lipinski definition) is 8. The van der Waals surface area contributed by atoms with Gasteiger partial charge < -0.3 is 30.3 Å². The van der Waals surface area contributed by atoms with Crippen molar-refractivity contribution in [1.82, 2.24) is 0 Å². The lowest BCUT2D eigenvalue weighted by molar-refractivity contribution is -0.167. The Morgan fingerprint density at radius 1 is 0.907 bits per heavy atom. The molecule has 1 heterocycles. The largest absolute Gasteiger partial charge is 0.417 e. The standard InChI is InChI=1S/C15H15F3N2O3.C12H11F3N2O3/c1-13(2)22-8-14(3,23-13)12(21)20-10-5-4-9(7-19)11(6-10)15(16,17)18;1-11(20,6-18)10(19)17-8-3-2-7(5-16)9(4-8)12(13,14)15/h4-6H,8H2,1-3H3,(H,20,21);2-4,18,20H,6H2,1H3,(H,17,19). The van der Waals surface area contributed by atoms with Crippen molar-refractivity contribution in [3.05, 3.63) is 58.7 Å². The molecule has 0 aliphatic carbocycles. The van der Waals surface area contributed by atoms with Crippen LogP contribution in [0.1, 0.15) is 49.9 Å². The maximum absolute atomic E-state index is 12.9. The lowest BCUT2D eigenvalue weighted by Gasteiger charge is -2.24. The summed E-state index contributed by atoms with van der Waals surface area (Å²) in [5.41, 5.74) is -7.13. The highest BCUT2D eigenvalue weighted by Crippen LogP contribution is 2.36. The van der Waals surface area contributed by atoms with Crippen molar-refractivity contribution in [3.63, 3.8) is 0 Å². The Labute approximate surface area is 241 Å². The first-order chi connectivity index (χ1) is 19.6. The highest BCUT2D eigenvalue weighted by atomic mass is 19.4. The van der Waals surface area contributed by atoms with Gasteiger partial charge in [-0.05, 0) is 64.1 Å². The second kappa shape index (κ2) is 12.6. The maximum atomic E-state index is 12.9. The molecule has 2 amide bonds. The van der Waals surface area contributed by atoms with Gasteiger partial charge in [-0.1, -0.05) is 0 Å². The van der Waals surface area contributed by atoms with Crippen LogP contribution in [0.5, 0.6) is 0 Å². The molecule has 16 heteroatoms. The van der Waals surface area contributed by atoms with Gasteiger partial charge in [0.05, 0.1) is 47.6 Å². The summed E-state index contributed by atoms with van der Waals surface area (Å²) in [7, 11) is 0. The number of aliphatic hydroxyl groups is 2. The molecule has 10 nitrogen and oxygen atoms in total. The molecule has 1 aliphatic rings. The molecule has 2 unspecified atom stereocenters. The van der Waals surface area contributed by atoms with Gasteiger partial charge >= 0.3 is 12.4 Å². The number of benzene rings is 2. The summed E-state index contributed by atoms with van der Waals surface area (Å²) in [6.07, 6.45) is -9.43. The third-order valence-electron chi connectivity index (χ3n) is 5.85. The number of nitriles is 2. The van der Waals surface area contributed by atoms with E-state index in [1.165, 1.54) is 25.1 Å². The fraction of sp³-hybridized carbons (Fsp3) is 0.407. The van der Waals surface area contributed by atoms with Crippen LogP contribution >= 0.6 is 0 Å². The van der Waals surface area contributed by atoms with Gasteiger partial charge in [-0.25, -0.2) is 0 Å². The summed E-state index contributed by atoms with van der Waals surface area (Å²) in [4.78, 5) is 23.8. The Kier molecular flexibility index (Phi) is 10.2. The number of halogens is 6. The second-order valence-electron chi connectivity index (χ2n) is 10.1. The van der Waals surface area contributed by atoms with Crippen molar-refractivity contribution in [1.29, 1.82) is 10.5 Å². The zero-order valence-corrected chi connectivity index (χ0v) is 23.1. The average Bonchev–Trinajstić information content (AvgIpc) is 3.21. The van der Waals surface area contributed by atoms with E-state index in [1.807, 2.05) is 5.32 Å². The van der Waals surface area contributed by atoms with Crippen LogP contribution in [0, 0.1) is 22.7 Å². The SMILES string of the molecule is CC(O)(CO)C(=O)Nc1ccc(C#N)c(C(F)(F)F)c1.CC1(C)OCC(C)(C(=O)Nc2ccc(C#N)c(C(F)(F)F)c2)O1. The van der Waals surface area contributed by atoms with Gasteiger partial charge in [0, 0.05) is 11.4 Å². The zero-order chi connectivity index (χ0) is 33.0. The summed E-state index contributed by atoms with van der Waals surface area (Å²) in [6, 6.07) is 8.44. The molecule has 0 saturated carbocycles. The van der Waals surface area contributed by atoms with E-state index in [2.05, 4.69) is 5.32 Å². The Balaban J connectivity index is 0.000000304. The van der Waals surface area contributed by atoms with Gasteiger partial charge in [-0.2, -0.15) is 36.9 Å². The number of anilines is 2. The molecule has 1 saturated heterocycles. The van der Waals surface area contributed by atoms with E-state index < -0.39 is 70.0 Å². The molecule has 2 atom stereocenters. The van der Waals surface area contributed by atoms with Crippen molar-refractivity contribution >= 4 is 23.2 Å². The number of ether oxygens (including phenoxy) is 2. The molecule has 3 rings (SSSR count). The molecule has 43 heavy (non-hydrogen) atoms. The zero-order valence-electron chi connectivity index (χ0n) is 23.1. The Morgan fingerprint density at radius 3 is 1.70 bits per heavy atom. The first-order valence-corrected chi connectivity index (χ1v) is 12.1. The maximum Gasteiger partial charge on any atom is 0.417 e. The molecule has 1 fully saturated rings. The first-order valence-electron chi connectivity index (χ1n) is 12.1. The number of nitrogens with one attached hydrogen (secondary N) is 2.